The topological polar surface area (TPSA) is 94.1 Å². The largest absolute Gasteiger partial charge is 0.411 e. The molecular formula is C15H18F2IN3O3S. The standard InChI is InChI=1S/C15H18F2IN3O3S/c1-14(2)12(24-13(19)22)21-15(7-16,8-25(14,23)20-3)10-6-9(18)4-5-11(10)17/h4-6H,7-8H2,1-3H3,(H2,19,22)/t15-,25?/m0/s1. The second-order valence-electron chi connectivity index (χ2n) is 6.11. The molecule has 25 heavy (non-hydrogen) atoms. The minimum atomic E-state index is -3.15. The third-order valence-corrected chi connectivity index (χ3v) is 8.10. The monoisotopic (exact) mass is 485 g/mol. The molecule has 1 heterocycles. The lowest BCUT2D eigenvalue weighted by Gasteiger charge is -2.41. The van der Waals surface area contributed by atoms with Gasteiger partial charge in [0.25, 0.3) is 0 Å². The zero-order valence-corrected chi connectivity index (χ0v) is 16.9. The van der Waals surface area contributed by atoms with Gasteiger partial charge in [0, 0.05) is 16.2 Å². The molecule has 1 amide bonds. The number of alkyl halides is 1. The van der Waals surface area contributed by atoms with Crippen molar-refractivity contribution in [1.82, 2.24) is 0 Å². The molecule has 0 bridgehead atoms. The summed E-state index contributed by atoms with van der Waals surface area (Å²) in [7, 11) is -1.82. The van der Waals surface area contributed by atoms with E-state index >= 15 is 0 Å². The highest BCUT2D eigenvalue weighted by atomic mass is 127. The lowest BCUT2D eigenvalue weighted by atomic mass is 9.92. The molecule has 2 atom stereocenters. The minimum Gasteiger partial charge on any atom is -0.394 e. The van der Waals surface area contributed by atoms with Crippen LogP contribution < -0.4 is 5.73 Å². The number of aliphatic imine (C=N–C) groups is 1. The molecular weight excluding hydrogens is 467 g/mol. The van der Waals surface area contributed by atoms with Gasteiger partial charge in [-0.15, -0.1) is 0 Å². The Bertz CT molecular complexity index is 866. The SMILES string of the molecule is CN=S1(=O)C[C@@](CF)(c2cc(I)ccc2F)N=C(OC(N)=O)C1(C)C. The Labute approximate surface area is 158 Å². The van der Waals surface area contributed by atoms with Gasteiger partial charge in [0.2, 0.25) is 5.90 Å². The summed E-state index contributed by atoms with van der Waals surface area (Å²) in [6, 6.07) is 4.13. The van der Waals surface area contributed by atoms with Gasteiger partial charge in [-0.25, -0.2) is 27.1 Å². The summed E-state index contributed by atoms with van der Waals surface area (Å²) >= 11 is 1.95. The minimum absolute atomic E-state index is 0.0701. The number of nitrogens with two attached hydrogens (primary N) is 1. The van der Waals surface area contributed by atoms with Gasteiger partial charge in [0.05, 0.1) is 15.5 Å². The van der Waals surface area contributed by atoms with Crippen molar-refractivity contribution >= 4 is 44.3 Å². The van der Waals surface area contributed by atoms with Crippen LogP contribution in [0.4, 0.5) is 13.6 Å². The van der Waals surface area contributed by atoms with Crippen LogP contribution in [-0.4, -0.2) is 40.4 Å². The predicted molar refractivity (Wildman–Crippen MR) is 100 cm³/mol. The molecule has 1 aromatic carbocycles. The highest BCUT2D eigenvalue weighted by Gasteiger charge is 2.52. The number of hydrogen-bond acceptors (Lipinski definition) is 5. The molecule has 0 saturated heterocycles. The average molecular weight is 485 g/mol. The molecule has 10 heteroatoms. The van der Waals surface area contributed by atoms with Crippen LogP contribution in [0.2, 0.25) is 0 Å². The van der Waals surface area contributed by atoms with E-state index in [-0.39, 0.29) is 17.2 Å². The first-order valence-electron chi connectivity index (χ1n) is 7.23. The summed E-state index contributed by atoms with van der Waals surface area (Å²) in [6.45, 7) is 1.88. The molecule has 0 fully saturated rings. The molecule has 0 spiro atoms. The molecule has 2 rings (SSSR count). The Kier molecular flexibility index (Phi) is 5.43. The number of benzene rings is 1. The van der Waals surface area contributed by atoms with Crippen molar-refractivity contribution in [3.8, 4) is 0 Å². The third kappa shape index (κ3) is 3.37. The predicted octanol–water partition coefficient (Wildman–Crippen LogP) is 2.98. The van der Waals surface area contributed by atoms with E-state index in [1.807, 2.05) is 22.6 Å². The van der Waals surface area contributed by atoms with E-state index in [2.05, 4.69) is 9.36 Å². The van der Waals surface area contributed by atoms with Crippen LogP contribution in [0.1, 0.15) is 19.4 Å². The fraction of sp³-hybridized carbons (Fsp3) is 0.467. The first-order chi connectivity index (χ1) is 11.5. The van der Waals surface area contributed by atoms with Gasteiger partial charge in [0.15, 0.2) is 0 Å². The molecule has 1 aliphatic heterocycles. The summed E-state index contributed by atoms with van der Waals surface area (Å²) in [5.74, 6) is -1.36. The zero-order valence-electron chi connectivity index (χ0n) is 13.9. The van der Waals surface area contributed by atoms with Gasteiger partial charge in [-0.3, -0.25) is 0 Å². The van der Waals surface area contributed by atoms with Gasteiger partial charge in [0.1, 0.15) is 22.8 Å². The van der Waals surface area contributed by atoms with Crippen molar-refractivity contribution in [2.75, 3.05) is 19.5 Å². The van der Waals surface area contributed by atoms with Crippen molar-refractivity contribution in [2.24, 2.45) is 15.1 Å². The van der Waals surface area contributed by atoms with Crippen LogP contribution in [-0.2, 0) is 20.0 Å². The smallest absolute Gasteiger partial charge is 0.394 e. The van der Waals surface area contributed by atoms with Crippen LogP contribution in [0.25, 0.3) is 0 Å². The van der Waals surface area contributed by atoms with Crippen molar-refractivity contribution in [2.45, 2.75) is 24.1 Å². The number of carbonyl (C=O) groups is 1. The van der Waals surface area contributed by atoms with E-state index in [9.17, 15) is 17.8 Å². The van der Waals surface area contributed by atoms with Gasteiger partial charge >= 0.3 is 6.09 Å². The Morgan fingerprint density at radius 3 is 2.68 bits per heavy atom. The lowest BCUT2D eigenvalue weighted by Crippen LogP contribution is -2.55. The Hall–Kier alpha value is -1.30. The fourth-order valence-corrected chi connectivity index (χ4v) is 5.41. The van der Waals surface area contributed by atoms with Gasteiger partial charge in [-0.1, -0.05) is 0 Å². The Balaban J connectivity index is 2.83. The van der Waals surface area contributed by atoms with E-state index in [0.717, 1.165) is 0 Å². The highest BCUT2D eigenvalue weighted by molar-refractivity contribution is 14.1. The first-order valence-corrected chi connectivity index (χ1v) is 9.99. The number of ether oxygens (including phenoxy) is 1. The molecule has 0 radical (unpaired) electrons. The Morgan fingerprint density at radius 2 is 2.16 bits per heavy atom. The molecule has 1 aromatic rings. The number of primary amides is 1. The molecule has 1 aliphatic rings. The second kappa shape index (κ2) is 6.78. The molecule has 6 nitrogen and oxygen atoms in total. The van der Waals surface area contributed by atoms with Crippen LogP contribution in [0.5, 0.6) is 0 Å². The maximum Gasteiger partial charge on any atom is 0.411 e. The zero-order chi connectivity index (χ0) is 19.0. The van der Waals surface area contributed by atoms with Crippen molar-refractivity contribution in [1.29, 1.82) is 0 Å². The van der Waals surface area contributed by atoms with E-state index in [1.54, 1.807) is 0 Å². The second-order valence-corrected chi connectivity index (χ2v) is 10.3. The first kappa shape index (κ1) is 20.0. The van der Waals surface area contributed by atoms with Gasteiger partial charge < -0.3 is 10.5 Å². The molecule has 1 unspecified atom stereocenters. The number of halogens is 3. The fourth-order valence-electron chi connectivity index (χ4n) is 2.67. The van der Waals surface area contributed by atoms with Crippen molar-refractivity contribution in [3.63, 3.8) is 0 Å². The Morgan fingerprint density at radius 1 is 1.52 bits per heavy atom. The van der Waals surface area contributed by atoms with Gasteiger partial charge in [-0.05, 0) is 54.6 Å². The number of amides is 1. The van der Waals surface area contributed by atoms with E-state index < -0.39 is 38.6 Å². The van der Waals surface area contributed by atoms with E-state index in [4.69, 9.17) is 10.5 Å². The van der Waals surface area contributed by atoms with Crippen LogP contribution in [0.3, 0.4) is 0 Å². The number of rotatable bonds is 2. The third-order valence-electron chi connectivity index (χ3n) is 4.21. The normalized spacial score (nSPS) is 28.2. The molecule has 2 N–H and O–H groups in total. The highest BCUT2D eigenvalue weighted by Crippen LogP contribution is 2.41. The number of carbonyl (C=O) groups excluding carboxylic acids is 1. The molecule has 0 aliphatic carbocycles. The summed E-state index contributed by atoms with van der Waals surface area (Å²) in [4.78, 5) is 15.4. The number of hydrogen-bond donors (Lipinski definition) is 1. The maximum atomic E-state index is 14.4. The van der Waals surface area contributed by atoms with E-state index in [0.29, 0.717) is 3.57 Å². The molecule has 0 aromatic heterocycles. The van der Waals surface area contributed by atoms with Crippen LogP contribution in [0.15, 0.2) is 27.6 Å². The van der Waals surface area contributed by atoms with Crippen LogP contribution >= 0.6 is 22.6 Å². The quantitative estimate of drug-likeness (QED) is 0.653. The summed E-state index contributed by atoms with van der Waals surface area (Å²) in [6.07, 6.45) is -1.18. The van der Waals surface area contributed by atoms with Crippen molar-refractivity contribution < 1.29 is 22.5 Å². The summed E-state index contributed by atoms with van der Waals surface area (Å²) in [5.41, 5.74) is 3.18. The molecule has 138 valence electrons. The average Bonchev–Trinajstić information content (AvgIpc) is 2.54. The number of nitrogens with zero attached hydrogens (tertiary/aromatic N) is 2. The van der Waals surface area contributed by atoms with Gasteiger partial charge in [-0.2, -0.15) is 0 Å². The van der Waals surface area contributed by atoms with Crippen LogP contribution in [0, 0.1) is 9.39 Å². The maximum absolute atomic E-state index is 14.4. The lowest BCUT2D eigenvalue weighted by molar-refractivity contribution is 0.203. The summed E-state index contributed by atoms with van der Waals surface area (Å²) < 4.78 is 50.2. The van der Waals surface area contributed by atoms with E-state index in [1.165, 1.54) is 39.1 Å². The van der Waals surface area contributed by atoms with Crippen molar-refractivity contribution in [3.05, 3.63) is 33.1 Å². The summed E-state index contributed by atoms with van der Waals surface area (Å²) in [5, 5.41) is 0. The molecule has 0 saturated carbocycles.